The Kier molecular flexibility index (Phi) is 4.89. The number of hydrogen-bond acceptors (Lipinski definition) is 6. The lowest BCUT2D eigenvalue weighted by Crippen LogP contribution is -2.03. The summed E-state index contributed by atoms with van der Waals surface area (Å²) in [5.41, 5.74) is 12.1. The van der Waals surface area contributed by atoms with Crippen LogP contribution in [0.4, 0.5) is 11.5 Å². The average Bonchev–Trinajstić information content (AvgIpc) is 2.66. The largest absolute Gasteiger partial charge is 0.481 e. The average molecular weight is 333 g/mol. The maximum atomic E-state index is 5.81. The Bertz CT molecular complexity index is 893. The second-order valence-corrected chi connectivity index (χ2v) is 5.42. The van der Waals surface area contributed by atoms with Crippen molar-refractivity contribution < 1.29 is 4.74 Å². The van der Waals surface area contributed by atoms with E-state index in [1.165, 1.54) is 0 Å². The number of benzene rings is 2. The van der Waals surface area contributed by atoms with Crippen molar-refractivity contribution in [2.24, 2.45) is 5.10 Å². The molecule has 0 fully saturated rings. The standard InChI is InChI=1S/C19H19N5O/c1-13(15-9-6-10-16(20)11-15)23-24-17-12-18(25-2)22-19(21-17)14-7-4-3-5-8-14/h3-12H,20H2,1-2H3,(H,21,22,24)/b23-13+. The Labute approximate surface area is 146 Å². The van der Waals surface area contributed by atoms with Crippen molar-refractivity contribution in [3.05, 3.63) is 66.2 Å². The third-order valence-electron chi connectivity index (χ3n) is 3.59. The summed E-state index contributed by atoms with van der Waals surface area (Å²) in [4.78, 5) is 8.88. The van der Waals surface area contributed by atoms with Crippen molar-refractivity contribution in [1.82, 2.24) is 9.97 Å². The van der Waals surface area contributed by atoms with Crippen LogP contribution in [0.2, 0.25) is 0 Å². The van der Waals surface area contributed by atoms with Gasteiger partial charge in [-0.05, 0) is 24.6 Å². The molecular weight excluding hydrogens is 314 g/mol. The number of nitrogens with two attached hydrogens (primary N) is 1. The topological polar surface area (TPSA) is 85.4 Å². The summed E-state index contributed by atoms with van der Waals surface area (Å²) >= 11 is 0. The molecule has 0 radical (unpaired) electrons. The van der Waals surface area contributed by atoms with E-state index in [9.17, 15) is 0 Å². The van der Waals surface area contributed by atoms with Crippen molar-refractivity contribution in [3.63, 3.8) is 0 Å². The quantitative estimate of drug-likeness (QED) is 0.423. The Morgan fingerprint density at radius 2 is 1.84 bits per heavy atom. The minimum Gasteiger partial charge on any atom is -0.481 e. The molecule has 0 saturated heterocycles. The SMILES string of the molecule is COc1cc(N/N=C(\C)c2cccc(N)c2)nc(-c2ccccc2)n1. The van der Waals surface area contributed by atoms with Crippen LogP contribution in [0, 0.1) is 0 Å². The number of ether oxygens (including phenoxy) is 1. The molecule has 0 atom stereocenters. The predicted octanol–water partition coefficient (Wildman–Crippen LogP) is 3.57. The van der Waals surface area contributed by atoms with Gasteiger partial charge in [-0.2, -0.15) is 10.1 Å². The molecule has 1 heterocycles. The van der Waals surface area contributed by atoms with Gasteiger partial charge in [0.15, 0.2) is 11.6 Å². The van der Waals surface area contributed by atoms with Gasteiger partial charge in [0.25, 0.3) is 0 Å². The molecule has 0 aliphatic heterocycles. The number of anilines is 2. The van der Waals surface area contributed by atoms with Gasteiger partial charge >= 0.3 is 0 Å². The molecule has 0 saturated carbocycles. The first-order valence-electron chi connectivity index (χ1n) is 7.80. The Balaban J connectivity index is 1.88. The lowest BCUT2D eigenvalue weighted by Gasteiger charge is -2.08. The van der Waals surface area contributed by atoms with E-state index in [1.807, 2.05) is 61.5 Å². The van der Waals surface area contributed by atoms with E-state index in [4.69, 9.17) is 10.5 Å². The Morgan fingerprint density at radius 1 is 1.04 bits per heavy atom. The molecule has 6 heteroatoms. The maximum absolute atomic E-state index is 5.81. The van der Waals surface area contributed by atoms with E-state index in [0.717, 1.165) is 16.8 Å². The molecule has 0 aliphatic carbocycles. The molecule has 0 amide bonds. The van der Waals surface area contributed by atoms with Gasteiger partial charge in [-0.25, -0.2) is 4.98 Å². The number of hydrogen-bond donors (Lipinski definition) is 2. The van der Waals surface area contributed by atoms with Gasteiger partial charge in [-0.15, -0.1) is 0 Å². The van der Waals surface area contributed by atoms with E-state index in [1.54, 1.807) is 13.2 Å². The summed E-state index contributed by atoms with van der Waals surface area (Å²) < 4.78 is 5.27. The van der Waals surface area contributed by atoms with Crippen molar-refractivity contribution in [2.45, 2.75) is 6.92 Å². The van der Waals surface area contributed by atoms with Crippen LogP contribution in [0.1, 0.15) is 12.5 Å². The molecule has 0 unspecified atom stereocenters. The molecule has 3 N–H and O–H groups in total. The fourth-order valence-electron chi connectivity index (χ4n) is 2.27. The summed E-state index contributed by atoms with van der Waals surface area (Å²) in [5, 5.41) is 4.38. The summed E-state index contributed by atoms with van der Waals surface area (Å²) in [7, 11) is 1.57. The maximum Gasteiger partial charge on any atom is 0.218 e. The highest BCUT2D eigenvalue weighted by molar-refractivity contribution is 5.99. The second-order valence-electron chi connectivity index (χ2n) is 5.42. The molecular formula is C19H19N5O. The van der Waals surface area contributed by atoms with Gasteiger partial charge in [0.2, 0.25) is 5.88 Å². The summed E-state index contributed by atoms with van der Waals surface area (Å²) in [6, 6.07) is 19.0. The summed E-state index contributed by atoms with van der Waals surface area (Å²) in [6.45, 7) is 1.90. The van der Waals surface area contributed by atoms with Crippen LogP contribution < -0.4 is 15.9 Å². The van der Waals surface area contributed by atoms with Crippen molar-refractivity contribution >= 4 is 17.2 Å². The van der Waals surface area contributed by atoms with Gasteiger partial charge in [0, 0.05) is 17.3 Å². The minimum absolute atomic E-state index is 0.466. The van der Waals surface area contributed by atoms with Gasteiger partial charge in [-0.3, -0.25) is 5.43 Å². The number of aromatic nitrogens is 2. The van der Waals surface area contributed by atoms with E-state index in [-0.39, 0.29) is 0 Å². The van der Waals surface area contributed by atoms with E-state index in [2.05, 4.69) is 20.5 Å². The highest BCUT2D eigenvalue weighted by atomic mass is 16.5. The van der Waals surface area contributed by atoms with Gasteiger partial charge in [-0.1, -0.05) is 42.5 Å². The monoisotopic (exact) mass is 333 g/mol. The number of nitrogen functional groups attached to an aromatic ring is 1. The zero-order valence-corrected chi connectivity index (χ0v) is 14.1. The van der Waals surface area contributed by atoms with Gasteiger partial charge < -0.3 is 10.5 Å². The van der Waals surface area contributed by atoms with Gasteiger partial charge in [0.05, 0.1) is 12.8 Å². The molecule has 25 heavy (non-hydrogen) atoms. The fourth-order valence-corrected chi connectivity index (χ4v) is 2.27. The highest BCUT2D eigenvalue weighted by Crippen LogP contribution is 2.21. The first kappa shape index (κ1) is 16.4. The molecule has 3 rings (SSSR count). The van der Waals surface area contributed by atoms with Crippen molar-refractivity contribution in [3.8, 4) is 17.3 Å². The predicted molar refractivity (Wildman–Crippen MR) is 101 cm³/mol. The zero-order chi connectivity index (χ0) is 17.6. The highest BCUT2D eigenvalue weighted by Gasteiger charge is 2.07. The minimum atomic E-state index is 0.466. The van der Waals surface area contributed by atoms with Crippen LogP contribution in [0.5, 0.6) is 5.88 Å². The fraction of sp³-hybridized carbons (Fsp3) is 0.105. The number of nitrogens with zero attached hydrogens (tertiary/aromatic N) is 3. The lowest BCUT2D eigenvalue weighted by molar-refractivity contribution is 0.398. The molecule has 1 aromatic heterocycles. The lowest BCUT2D eigenvalue weighted by atomic mass is 10.1. The van der Waals surface area contributed by atoms with Crippen LogP contribution in [-0.2, 0) is 0 Å². The van der Waals surface area contributed by atoms with Crippen LogP contribution >= 0.6 is 0 Å². The molecule has 0 aliphatic rings. The summed E-state index contributed by atoms with van der Waals surface area (Å²) in [5.74, 6) is 1.58. The van der Waals surface area contributed by atoms with Crippen molar-refractivity contribution in [2.75, 3.05) is 18.3 Å². The van der Waals surface area contributed by atoms with E-state index in [0.29, 0.717) is 23.2 Å². The van der Waals surface area contributed by atoms with Crippen LogP contribution in [0.3, 0.4) is 0 Å². The Morgan fingerprint density at radius 3 is 2.56 bits per heavy atom. The first-order chi connectivity index (χ1) is 12.2. The van der Waals surface area contributed by atoms with Gasteiger partial charge in [0.1, 0.15) is 0 Å². The molecule has 0 spiro atoms. The molecule has 2 aromatic carbocycles. The van der Waals surface area contributed by atoms with Crippen LogP contribution in [-0.4, -0.2) is 22.8 Å². The summed E-state index contributed by atoms with van der Waals surface area (Å²) in [6.07, 6.45) is 0. The molecule has 6 nitrogen and oxygen atoms in total. The van der Waals surface area contributed by atoms with E-state index >= 15 is 0 Å². The van der Waals surface area contributed by atoms with E-state index < -0.39 is 0 Å². The first-order valence-corrected chi connectivity index (χ1v) is 7.80. The Hall–Kier alpha value is -3.41. The number of methoxy groups -OCH3 is 1. The third-order valence-corrected chi connectivity index (χ3v) is 3.59. The third kappa shape index (κ3) is 4.11. The normalized spacial score (nSPS) is 11.2. The molecule has 3 aromatic rings. The number of nitrogens with one attached hydrogen (secondary N) is 1. The van der Waals surface area contributed by atoms with Crippen molar-refractivity contribution in [1.29, 1.82) is 0 Å². The van der Waals surface area contributed by atoms with Crippen LogP contribution in [0.25, 0.3) is 11.4 Å². The van der Waals surface area contributed by atoms with Crippen LogP contribution in [0.15, 0.2) is 65.8 Å². The molecule has 0 bridgehead atoms. The molecule has 126 valence electrons. The smallest absolute Gasteiger partial charge is 0.218 e. The zero-order valence-electron chi connectivity index (χ0n) is 14.1. The number of hydrazone groups is 1. The number of rotatable bonds is 5. The second kappa shape index (κ2) is 7.44.